The average Bonchev–Trinajstić information content (AvgIpc) is 3.33. The standard InChI is InChI=1S/C25H30N4O3/c1-4-26-25(27-13-12-20-15-18(2)10-11-22(20)31-3)28-17-19-7-5-8-21(16-19)29-24(30)23-9-6-14-32-23/h5-11,14-16H,4,12-13,17H2,1-3H3,(H,29,30)(H2,26,27,28). The molecule has 3 rings (SSSR count). The molecule has 1 amide bonds. The minimum absolute atomic E-state index is 0.275. The summed E-state index contributed by atoms with van der Waals surface area (Å²) in [6.07, 6.45) is 2.30. The van der Waals surface area contributed by atoms with Gasteiger partial charge in [0.2, 0.25) is 0 Å². The van der Waals surface area contributed by atoms with Gasteiger partial charge in [0, 0.05) is 18.8 Å². The number of methoxy groups -OCH3 is 1. The number of aryl methyl sites for hydroxylation is 1. The van der Waals surface area contributed by atoms with Crippen molar-refractivity contribution in [2.45, 2.75) is 26.8 Å². The van der Waals surface area contributed by atoms with Crippen molar-refractivity contribution in [3.05, 3.63) is 83.3 Å². The third kappa shape index (κ3) is 6.63. The Morgan fingerprint density at radius 2 is 1.97 bits per heavy atom. The van der Waals surface area contributed by atoms with Gasteiger partial charge in [-0.05, 0) is 61.7 Å². The van der Waals surface area contributed by atoms with Gasteiger partial charge in [0.05, 0.1) is 19.9 Å². The second-order valence-corrected chi connectivity index (χ2v) is 7.32. The maximum atomic E-state index is 12.2. The quantitative estimate of drug-likeness (QED) is 0.348. The van der Waals surface area contributed by atoms with Crippen molar-refractivity contribution in [3.8, 4) is 5.75 Å². The van der Waals surface area contributed by atoms with Gasteiger partial charge in [-0.2, -0.15) is 0 Å². The SMILES string of the molecule is CCNC(=NCc1cccc(NC(=O)c2ccco2)c1)NCCc1cc(C)ccc1OC. The van der Waals surface area contributed by atoms with Gasteiger partial charge in [0.25, 0.3) is 5.91 Å². The monoisotopic (exact) mass is 434 g/mol. The minimum atomic E-state index is -0.280. The molecule has 0 saturated heterocycles. The van der Waals surface area contributed by atoms with Gasteiger partial charge in [-0.1, -0.05) is 29.8 Å². The molecule has 0 fully saturated rings. The zero-order chi connectivity index (χ0) is 22.8. The third-order valence-corrected chi connectivity index (χ3v) is 4.82. The number of hydrogen-bond donors (Lipinski definition) is 3. The molecule has 7 heteroatoms. The number of furan rings is 1. The van der Waals surface area contributed by atoms with Gasteiger partial charge in [-0.25, -0.2) is 4.99 Å². The van der Waals surface area contributed by atoms with Gasteiger partial charge in [0.1, 0.15) is 5.75 Å². The summed E-state index contributed by atoms with van der Waals surface area (Å²) >= 11 is 0. The number of aliphatic imine (C=N–C) groups is 1. The molecule has 0 bridgehead atoms. The lowest BCUT2D eigenvalue weighted by atomic mass is 10.1. The predicted octanol–water partition coefficient (Wildman–Crippen LogP) is 4.15. The highest BCUT2D eigenvalue weighted by Gasteiger charge is 2.09. The number of carbonyl (C=O) groups is 1. The molecular formula is C25H30N4O3. The van der Waals surface area contributed by atoms with Gasteiger partial charge in [-0.15, -0.1) is 0 Å². The Hall–Kier alpha value is -3.74. The summed E-state index contributed by atoms with van der Waals surface area (Å²) in [4.78, 5) is 16.9. The lowest BCUT2D eigenvalue weighted by Gasteiger charge is -2.13. The maximum Gasteiger partial charge on any atom is 0.291 e. The van der Waals surface area contributed by atoms with Crippen LogP contribution in [0.4, 0.5) is 5.69 Å². The Balaban J connectivity index is 1.59. The molecule has 2 aromatic carbocycles. The second kappa shape index (κ2) is 11.6. The van der Waals surface area contributed by atoms with Crippen molar-refractivity contribution in [3.63, 3.8) is 0 Å². The maximum absolute atomic E-state index is 12.2. The summed E-state index contributed by atoms with van der Waals surface area (Å²) < 4.78 is 10.6. The van der Waals surface area contributed by atoms with Gasteiger partial charge in [-0.3, -0.25) is 4.79 Å². The van der Waals surface area contributed by atoms with Gasteiger partial charge in [0.15, 0.2) is 11.7 Å². The van der Waals surface area contributed by atoms with Crippen LogP contribution in [0.3, 0.4) is 0 Å². The number of benzene rings is 2. The molecule has 0 atom stereocenters. The Morgan fingerprint density at radius 3 is 2.72 bits per heavy atom. The molecule has 3 aromatic rings. The van der Waals surface area contributed by atoms with E-state index in [1.54, 1.807) is 19.2 Å². The van der Waals surface area contributed by atoms with Crippen LogP contribution in [-0.2, 0) is 13.0 Å². The number of anilines is 1. The van der Waals surface area contributed by atoms with E-state index in [0.717, 1.165) is 42.3 Å². The number of rotatable bonds is 9. The minimum Gasteiger partial charge on any atom is -0.496 e. The van der Waals surface area contributed by atoms with Crippen LogP contribution < -0.4 is 20.7 Å². The Labute approximate surface area is 188 Å². The van der Waals surface area contributed by atoms with Crippen molar-refractivity contribution >= 4 is 17.6 Å². The normalized spacial score (nSPS) is 11.2. The van der Waals surface area contributed by atoms with Crippen molar-refractivity contribution in [2.75, 3.05) is 25.5 Å². The van der Waals surface area contributed by atoms with Gasteiger partial charge < -0.3 is 25.1 Å². The largest absolute Gasteiger partial charge is 0.496 e. The average molecular weight is 435 g/mol. The number of nitrogens with one attached hydrogen (secondary N) is 3. The summed E-state index contributed by atoms with van der Waals surface area (Å²) in [6, 6.07) is 17.1. The summed E-state index contributed by atoms with van der Waals surface area (Å²) in [5, 5.41) is 9.49. The second-order valence-electron chi connectivity index (χ2n) is 7.32. The number of hydrogen-bond acceptors (Lipinski definition) is 4. The Bertz CT molecular complexity index is 1050. The fraction of sp³-hybridized carbons (Fsp3) is 0.280. The van der Waals surface area contributed by atoms with Crippen LogP contribution in [0.15, 0.2) is 70.3 Å². The van der Waals surface area contributed by atoms with Crippen LogP contribution in [0, 0.1) is 6.92 Å². The molecule has 0 aliphatic carbocycles. The van der Waals surface area contributed by atoms with E-state index >= 15 is 0 Å². The molecule has 1 heterocycles. The van der Waals surface area contributed by atoms with E-state index in [9.17, 15) is 4.79 Å². The molecular weight excluding hydrogens is 404 g/mol. The predicted molar refractivity (Wildman–Crippen MR) is 127 cm³/mol. The number of amides is 1. The lowest BCUT2D eigenvalue weighted by Crippen LogP contribution is -2.38. The molecule has 0 radical (unpaired) electrons. The van der Waals surface area contributed by atoms with Crippen molar-refractivity contribution in [1.29, 1.82) is 0 Å². The molecule has 0 aliphatic heterocycles. The Morgan fingerprint density at radius 1 is 1.09 bits per heavy atom. The first-order valence-corrected chi connectivity index (χ1v) is 10.7. The van der Waals surface area contributed by atoms with Crippen LogP contribution in [0.2, 0.25) is 0 Å². The molecule has 168 valence electrons. The topological polar surface area (TPSA) is 87.9 Å². The molecule has 0 spiro atoms. The molecule has 1 aromatic heterocycles. The summed E-state index contributed by atoms with van der Waals surface area (Å²) in [7, 11) is 1.69. The molecule has 0 saturated carbocycles. The summed E-state index contributed by atoms with van der Waals surface area (Å²) in [6.45, 7) is 6.08. The van der Waals surface area contributed by atoms with Crippen molar-refractivity contribution in [1.82, 2.24) is 10.6 Å². The first-order valence-electron chi connectivity index (χ1n) is 10.7. The highest BCUT2D eigenvalue weighted by Crippen LogP contribution is 2.19. The fourth-order valence-electron chi connectivity index (χ4n) is 3.28. The molecule has 7 nitrogen and oxygen atoms in total. The first-order chi connectivity index (χ1) is 15.6. The fourth-order valence-corrected chi connectivity index (χ4v) is 3.28. The zero-order valence-electron chi connectivity index (χ0n) is 18.8. The molecule has 32 heavy (non-hydrogen) atoms. The molecule has 0 aliphatic rings. The van der Waals surface area contributed by atoms with E-state index in [2.05, 4.69) is 33.9 Å². The van der Waals surface area contributed by atoms with E-state index in [-0.39, 0.29) is 11.7 Å². The number of guanidine groups is 1. The van der Waals surface area contributed by atoms with E-state index in [0.29, 0.717) is 12.2 Å². The van der Waals surface area contributed by atoms with Crippen LogP contribution in [0.5, 0.6) is 5.75 Å². The van der Waals surface area contributed by atoms with Crippen molar-refractivity contribution < 1.29 is 13.9 Å². The van der Waals surface area contributed by atoms with Crippen molar-refractivity contribution in [2.24, 2.45) is 4.99 Å². The zero-order valence-corrected chi connectivity index (χ0v) is 18.8. The number of carbonyl (C=O) groups excluding carboxylic acids is 1. The van der Waals surface area contributed by atoms with Crippen LogP contribution in [0.1, 0.15) is 34.2 Å². The van der Waals surface area contributed by atoms with Gasteiger partial charge >= 0.3 is 0 Å². The van der Waals surface area contributed by atoms with Crippen LogP contribution in [0.25, 0.3) is 0 Å². The van der Waals surface area contributed by atoms with E-state index in [4.69, 9.17) is 9.15 Å². The highest BCUT2D eigenvalue weighted by molar-refractivity contribution is 6.02. The van der Waals surface area contributed by atoms with E-state index in [1.807, 2.05) is 43.3 Å². The smallest absolute Gasteiger partial charge is 0.291 e. The third-order valence-electron chi connectivity index (χ3n) is 4.82. The lowest BCUT2D eigenvalue weighted by molar-refractivity contribution is 0.0996. The summed E-state index contributed by atoms with van der Waals surface area (Å²) in [5.41, 5.74) is 4.06. The summed E-state index contributed by atoms with van der Waals surface area (Å²) in [5.74, 6) is 1.63. The van der Waals surface area contributed by atoms with E-state index < -0.39 is 0 Å². The highest BCUT2D eigenvalue weighted by atomic mass is 16.5. The molecule has 3 N–H and O–H groups in total. The van der Waals surface area contributed by atoms with E-state index in [1.165, 1.54) is 11.8 Å². The number of ether oxygens (including phenoxy) is 1. The molecule has 0 unspecified atom stereocenters. The van der Waals surface area contributed by atoms with Crippen LogP contribution >= 0.6 is 0 Å². The number of nitrogens with zero attached hydrogens (tertiary/aromatic N) is 1. The van der Waals surface area contributed by atoms with Crippen LogP contribution in [-0.4, -0.2) is 32.1 Å². The Kier molecular flexibility index (Phi) is 8.31. The first kappa shape index (κ1) is 22.9.